The molecule has 92 valence electrons. The fourth-order valence-electron chi connectivity index (χ4n) is 1.60. The van der Waals surface area contributed by atoms with Crippen LogP contribution in [0.25, 0.3) is 4.96 Å². The molecule has 0 aliphatic carbocycles. The molecule has 0 unspecified atom stereocenters. The van der Waals surface area contributed by atoms with Gasteiger partial charge in [-0.2, -0.15) is 4.98 Å². The molecule has 0 fully saturated rings. The van der Waals surface area contributed by atoms with Crippen molar-refractivity contribution in [3.63, 3.8) is 0 Å². The van der Waals surface area contributed by atoms with Crippen molar-refractivity contribution in [1.29, 1.82) is 0 Å². The molecule has 3 heterocycles. The van der Waals surface area contributed by atoms with Gasteiger partial charge < -0.3 is 9.84 Å². The first kappa shape index (κ1) is 11.6. The van der Waals surface area contributed by atoms with E-state index in [4.69, 9.17) is 4.74 Å². The lowest BCUT2D eigenvalue weighted by molar-refractivity contribution is 0.269. The Morgan fingerprint density at radius 2 is 2.33 bits per heavy atom. The summed E-state index contributed by atoms with van der Waals surface area (Å²) >= 11 is 4.81. The highest BCUT2D eigenvalue weighted by Gasteiger charge is 2.14. The monoisotopic (exact) mass is 325 g/mol. The standard InChI is InChI=1S/C11H8BrN3O2S/c12-7-3-8(5-13-4-7)17-10-9(6-16)15-1-2-18-11(15)14-10/h1-5,16H,6H2. The Bertz CT molecular complexity index is 694. The lowest BCUT2D eigenvalue weighted by Crippen LogP contribution is -1.93. The molecule has 0 aliphatic rings. The molecule has 0 radical (unpaired) electrons. The van der Waals surface area contributed by atoms with Crippen LogP contribution in [0.3, 0.4) is 0 Å². The van der Waals surface area contributed by atoms with Crippen LogP contribution in [0.5, 0.6) is 11.6 Å². The van der Waals surface area contributed by atoms with Crippen molar-refractivity contribution in [2.24, 2.45) is 0 Å². The highest BCUT2D eigenvalue weighted by molar-refractivity contribution is 9.10. The van der Waals surface area contributed by atoms with Crippen LogP contribution in [0.4, 0.5) is 0 Å². The predicted octanol–water partition coefficient (Wildman–Crippen LogP) is 2.84. The second-order valence-electron chi connectivity index (χ2n) is 3.52. The second kappa shape index (κ2) is 4.68. The molecule has 0 spiro atoms. The minimum atomic E-state index is -0.130. The highest BCUT2D eigenvalue weighted by atomic mass is 79.9. The van der Waals surface area contributed by atoms with Crippen LogP contribution >= 0.6 is 27.3 Å². The van der Waals surface area contributed by atoms with Gasteiger partial charge >= 0.3 is 0 Å². The van der Waals surface area contributed by atoms with Gasteiger partial charge in [0, 0.05) is 22.2 Å². The molecule has 1 N–H and O–H groups in total. The SMILES string of the molecule is OCc1c(Oc2cncc(Br)c2)nc2sccn12. The van der Waals surface area contributed by atoms with E-state index in [0.717, 1.165) is 9.43 Å². The Balaban J connectivity index is 2.01. The Labute approximate surface area is 115 Å². The zero-order chi connectivity index (χ0) is 12.5. The number of pyridine rings is 1. The van der Waals surface area contributed by atoms with E-state index in [2.05, 4.69) is 25.9 Å². The van der Waals surface area contributed by atoms with E-state index in [9.17, 15) is 5.11 Å². The first-order valence-electron chi connectivity index (χ1n) is 5.11. The molecule has 7 heteroatoms. The summed E-state index contributed by atoms with van der Waals surface area (Å²) in [6.07, 6.45) is 5.12. The number of thiazole rings is 1. The number of nitrogens with zero attached hydrogens (tertiary/aromatic N) is 3. The summed E-state index contributed by atoms with van der Waals surface area (Å²) in [5.41, 5.74) is 0.631. The number of aromatic nitrogens is 3. The maximum absolute atomic E-state index is 9.40. The van der Waals surface area contributed by atoms with Crippen molar-refractivity contribution in [3.05, 3.63) is 40.2 Å². The molecule has 18 heavy (non-hydrogen) atoms. The van der Waals surface area contributed by atoms with Gasteiger partial charge in [0.15, 0.2) is 4.96 Å². The molecule has 0 atom stereocenters. The summed E-state index contributed by atoms with van der Waals surface area (Å²) in [7, 11) is 0. The lowest BCUT2D eigenvalue weighted by Gasteiger charge is -2.04. The van der Waals surface area contributed by atoms with E-state index in [1.807, 2.05) is 16.0 Å². The van der Waals surface area contributed by atoms with Crippen molar-refractivity contribution in [2.75, 3.05) is 0 Å². The minimum Gasteiger partial charge on any atom is -0.435 e. The molecule has 0 saturated heterocycles. The number of hydrogen-bond donors (Lipinski definition) is 1. The molecule has 5 nitrogen and oxygen atoms in total. The van der Waals surface area contributed by atoms with E-state index >= 15 is 0 Å². The van der Waals surface area contributed by atoms with Crippen LogP contribution in [-0.4, -0.2) is 19.5 Å². The Morgan fingerprint density at radius 1 is 1.44 bits per heavy atom. The van der Waals surface area contributed by atoms with E-state index in [0.29, 0.717) is 17.3 Å². The quantitative estimate of drug-likeness (QED) is 0.804. The highest BCUT2D eigenvalue weighted by Crippen LogP contribution is 2.28. The van der Waals surface area contributed by atoms with Gasteiger partial charge in [-0.25, -0.2) is 0 Å². The van der Waals surface area contributed by atoms with Crippen molar-refractivity contribution >= 4 is 32.2 Å². The summed E-state index contributed by atoms with van der Waals surface area (Å²) in [4.78, 5) is 9.12. The fraction of sp³-hybridized carbons (Fsp3) is 0.0909. The van der Waals surface area contributed by atoms with E-state index < -0.39 is 0 Å². The van der Waals surface area contributed by atoms with Crippen LogP contribution in [0.15, 0.2) is 34.5 Å². The molecule has 0 saturated carbocycles. The number of aliphatic hydroxyl groups is 1. The molecule has 3 aromatic rings. The number of imidazole rings is 1. The number of aliphatic hydroxyl groups excluding tert-OH is 1. The molecule has 0 bridgehead atoms. The molecule has 0 amide bonds. The maximum atomic E-state index is 9.40. The van der Waals surface area contributed by atoms with Crippen LogP contribution in [0.2, 0.25) is 0 Å². The topological polar surface area (TPSA) is 59.7 Å². The van der Waals surface area contributed by atoms with Gasteiger partial charge in [0.2, 0.25) is 5.88 Å². The summed E-state index contributed by atoms with van der Waals surface area (Å²) < 4.78 is 8.28. The molecular formula is C11H8BrN3O2S. The number of halogens is 1. The van der Waals surface area contributed by atoms with Crippen molar-refractivity contribution in [3.8, 4) is 11.6 Å². The smallest absolute Gasteiger partial charge is 0.244 e. The van der Waals surface area contributed by atoms with Crippen molar-refractivity contribution in [1.82, 2.24) is 14.4 Å². The third kappa shape index (κ3) is 2.00. The van der Waals surface area contributed by atoms with Gasteiger partial charge in [-0.3, -0.25) is 9.38 Å². The van der Waals surface area contributed by atoms with Gasteiger partial charge in [0.25, 0.3) is 0 Å². The zero-order valence-corrected chi connectivity index (χ0v) is 11.5. The number of ether oxygens (including phenoxy) is 1. The normalized spacial score (nSPS) is 11.0. The Kier molecular flexibility index (Phi) is 3.02. The fourth-order valence-corrected chi connectivity index (χ4v) is 2.67. The van der Waals surface area contributed by atoms with E-state index in [1.165, 1.54) is 11.3 Å². The van der Waals surface area contributed by atoms with Gasteiger partial charge in [0.1, 0.15) is 11.4 Å². The predicted molar refractivity (Wildman–Crippen MR) is 71.0 cm³/mol. The van der Waals surface area contributed by atoms with Crippen LogP contribution in [-0.2, 0) is 6.61 Å². The zero-order valence-electron chi connectivity index (χ0n) is 9.08. The largest absolute Gasteiger partial charge is 0.435 e. The van der Waals surface area contributed by atoms with Crippen molar-refractivity contribution < 1.29 is 9.84 Å². The summed E-state index contributed by atoms with van der Waals surface area (Å²) in [5.74, 6) is 0.981. The number of hydrogen-bond acceptors (Lipinski definition) is 5. The van der Waals surface area contributed by atoms with Gasteiger partial charge in [-0.15, -0.1) is 11.3 Å². The van der Waals surface area contributed by atoms with Crippen LogP contribution < -0.4 is 4.74 Å². The lowest BCUT2D eigenvalue weighted by atomic mass is 10.4. The first-order valence-corrected chi connectivity index (χ1v) is 6.79. The van der Waals surface area contributed by atoms with Gasteiger partial charge in [-0.1, -0.05) is 0 Å². The third-order valence-electron chi connectivity index (χ3n) is 2.37. The maximum Gasteiger partial charge on any atom is 0.244 e. The summed E-state index contributed by atoms with van der Waals surface area (Å²) in [6, 6.07) is 1.79. The van der Waals surface area contributed by atoms with E-state index in [-0.39, 0.29) is 6.61 Å². The average molecular weight is 326 g/mol. The van der Waals surface area contributed by atoms with E-state index in [1.54, 1.807) is 18.5 Å². The molecule has 3 aromatic heterocycles. The minimum absolute atomic E-state index is 0.130. The number of fused-ring (bicyclic) bond motifs is 1. The summed E-state index contributed by atoms with van der Waals surface area (Å²) in [5, 5.41) is 11.3. The first-order chi connectivity index (χ1) is 8.78. The molecule has 0 aliphatic heterocycles. The van der Waals surface area contributed by atoms with Crippen molar-refractivity contribution in [2.45, 2.75) is 6.61 Å². The second-order valence-corrected chi connectivity index (χ2v) is 5.31. The van der Waals surface area contributed by atoms with Crippen LogP contribution in [0, 0.1) is 0 Å². The molecule has 0 aromatic carbocycles. The third-order valence-corrected chi connectivity index (χ3v) is 3.56. The van der Waals surface area contributed by atoms with Gasteiger partial charge in [-0.05, 0) is 22.0 Å². The number of rotatable bonds is 3. The van der Waals surface area contributed by atoms with Gasteiger partial charge in [0.05, 0.1) is 12.8 Å². The molecular weight excluding hydrogens is 318 g/mol. The average Bonchev–Trinajstić information content (AvgIpc) is 2.89. The van der Waals surface area contributed by atoms with Crippen LogP contribution in [0.1, 0.15) is 5.69 Å². The molecule has 3 rings (SSSR count). The Morgan fingerprint density at radius 3 is 3.11 bits per heavy atom. The Hall–Kier alpha value is -1.44. The summed E-state index contributed by atoms with van der Waals surface area (Å²) in [6.45, 7) is -0.130.